The van der Waals surface area contributed by atoms with Gasteiger partial charge in [0, 0.05) is 21.5 Å². The van der Waals surface area contributed by atoms with Gasteiger partial charge < -0.3 is 0 Å². The highest BCUT2D eigenvalue weighted by Crippen LogP contribution is 2.36. The summed E-state index contributed by atoms with van der Waals surface area (Å²) in [6.07, 6.45) is -7.55. The lowest BCUT2D eigenvalue weighted by molar-refractivity contribution is -0.143. The van der Waals surface area contributed by atoms with Gasteiger partial charge in [0.05, 0.1) is 29.1 Å². The molecule has 0 amide bonds. The van der Waals surface area contributed by atoms with Crippen LogP contribution in [-0.2, 0) is 18.9 Å². The summed E-state index contributed by atoms with van der Waals surface area (Å²) >= 11 is 7.04. The molecule has 0 bridgehead atoms. The van der Waals surface area contributed by atoms with E-state index >= 15 is 0 Å². The Labute approximate surface area is 202 Å². The lowest BCUT2D eigenvalue weighted by atomic mass is 10.0. The summed E-state index contributed by atoms with van der Waals surface area (Å²) in [4.78, 5) is 8.09. The fraction of sp³-hybridized carbons (Fsp3) is 0.143. The number of hydrogen-bond acceptors (Lipinski definition) is 6. The molecule has 1 N–H and O–H groups in total. The molecule has 0 aliphatic carbocycles. The molecule has 14 heteroatoms. The highest BCUT2D eigenvalue weighted by molar-refractivity contribution is 7.14. The number of nitrogens with zero attached hydrogens (tertiary/aromatic N) is 5. The maximum absolute atomic E-state index is 13.3. The van der Waals surface area contributed by atoms with Crippen LogP contribution in [0.15, 0.2) is 65.6 Å². The quantitative estimate of drug-likeness (QED) is 0.173. The standard InChI is InChI=1S/C21H13ClF6N6S/c22-16-3-1-12(2-4-16)18-9-35-19(31-18)33-32-17(8-34-11-29-10-30-34)13-5-14(20(23,24)25)7-15(6-13)21(26,27)28/h1-7,9-11H,8H2,(H,31,33)/b32-17-. The summed E-state index contributed by atoms with van der Waals surface area (Å²) in [7, 11) is 0. The van der Waals surface area contributed by atoms with Crippen molar-refractivity contribution in [3.8, 4) is 11.3 Å². The maximum atomic E-state index is 13.3. The van der Waals surface area contributed by atoms with E-state index < -0.39 is 23.5 Å². The van der Waals surface area contributed by atoms with Crippen LogP contribution in [-0.4, -0.2) is 25.5 Å². The van der Waals surface area contributed by atoms with Gasteiger partial charge in [-0.3, -0.25) is 5.43 Å². The van der Waals surface area contributed by atoms with Gasteiger partial charge in [-0.2, -0.15) is 36.5 Å². The van der Waals surface area contributed by atoms with Gasteiger partial charge in [-0.1, -0.05) is 23.7 Å². The van der Waals surface area contributed by atoms with Crippen molar-refractivity contribution in [3.05, 3.63) is 82.2 Å². The van der Waals surface area contributed by atoms with E-state index in [2.05, 4.69) is 25.6 Å². The number of nitrogens with one attached hydrogen (secondary N) is 1. The summed E-state index contributed by atoms with van der Waals surface area (Å²) < 4.78 is 81.3. The van der Waals surface area contributed by atoms with E-state index in [9.17, 15) is 26.3 Å². The number of aromatic nitrogens is 4. The van der Waals surface area contributed by atoms with Gasteiger partial charge >= 0.3 is 12.4 Å². The molecular weight excluding hydrogens is 518 g/mol. The van der Waals surface area contributed by atoms with Crippen LogP contribution >= 0.6 is 22.9 Å². The van der Waals surface area contributed by atoms with Gasteiger partial charge in [-0.05, 0) is 30.3 Å². The van der Waals surface area contributed by atoms with Crippen LogP contribution in [0, 0.1) is 0 Å². The number of thiazole rings is 1. The predicted molar refractivity (Wildman–Crippen MR) is 119 cm³/mol. The lowest BCUT2D eigenvalue weighted by Crippen LogP contribution is -2.18. The predicted octanol–water partition coefficient (Wildman–Crippen LogP) is 6.61. The third-order valence-corrected chi connectivity index (χ3v) is 5.63. The van der Waals surface area contributed by atoms with E-state index in [1.54, 1.807) is 29.6 Å². The third kappa shape index (κ3) is 6.17. The van der Waals surface area contributed by atoms with Crippen LogP contribution in [0.2, 0.25) is 5.02 Å². The first-order chi connectivity index (χ1) is 16.5. The van der Waals surface area contributed by atoms with Gasteiger partial charge in [0.1, 0.15) is 12.7 Å². The minimum absolute atomic E-state index is 0.0588. The zero-order chi connectivity index (χ0) is 25.2. The summed E-state index contributed by atoms with van der Waals surface area (Å²) in [5.41, 5.74) is 0.535. The van der Waals surface area contributed by atoms with Crippen LogP contribution < -0.4 is 5.43 Å². The molecule has 2 heterocycles. The second-order valence-corrected chi connectivity index (χ2v) is 8.40. The highest BCUT2D eigenvalue weighted by Gasteiger charge is 2.37. The van der Waals surface area contributed by atoms with Crippen molar-refractivity contribution in [2.45, 2.75) is 18.9 Å². The van der Waals surface area contributed by atoms with Crippen LogP contribution in [0.4, 0.5) is 31.5 Å². The first kappa shape index (κ1) is 24.7. The van der Waals surface area contributed by atoms with Gasteiger partial charge in [0.25, 0.3) is 0 Å². The van der Waals surface area contributed by atoms with Crippen molar-refractivity contribution in [2.75, 3.05) is 5.43 Å². The van der Waals surface area contributed by atoms with Gasteiger partial charge in [-0.25, -0.2) is 14.6 Å². The average molecular weight is 531 g/mol. The molecule has 2 aromatic carbocycles. The van der Waals surface area contributed by atoms with Crippen molar-refractivity contribution in [2.24, 2.45) is 5.10 Å². The van der Waals surface area contributed by atoms with Crippen molar-refractivity contribution < 1.29 is 26.3 Å². The van der Waals surface area contributed by atoms with E-state index in [1.807, 2.05) is 0 Å². The topological polar surface area (TPSA) is 68.0 Å². The molecule has 0 aliphatic heterocycles. The van der Waals surface area contributed by atoms with Crippen molar-refractivity contribution in [1.82, 2.24) is 19.7 Å². The first-order valence-electron chi connectivity index (χ1n) is 9.65. The number of hydrogen-bond donors (Lipinski definition) is 1. The molecule has 182 valence electrons. The van der Waals surface area contributed by atoms with Crippen LogP contribution in [0.5, 0.6) is 0 Å². The zero-order valence-electron chi connectivity index (χ0n) is 17.3. The second kappa shape index (κ2) is 9.66. The molecule has 35 heavy (non-hydrogen) atoms. The van der Waals surface area contributed by atoms with Crippen LogP contribution in [0.25, 0.3) is 11.3 Å². The van der Waals surface area contributed by atoms with Crippen LogP contribution in [0.3, 0.4) is 0 Å². The molecule has 4 rings (SSSR count). The molecule has 0 fully saturated rings. The molecule has 0 unspecified atom stereocenters. The molecule has 2 aromatic heterocycles. The fourth-order valence-corrected chi connectivity index (χ4v) is 3.76. The van der Waals surface area contributed by atoms with Crippen LogP contribution in [0.1, 0.15) is 16.7 Å². The number of rotatable bonds is 6. The fourth-order valence-electron chi connectivity index (χ4n) is 2.97. The Kier molecular flexibility index (Phi) is 6.81. The minimum Gasteiger partial charge on any atom is -0.252 e. The van der Waals surface area contributed by atoms with Gasteiger partial charge in [-0.15, -0.1) is 11.3 Å². The largest absolute Gasteiger partial charge is 0.416 e. The summed E-state index contributed by atoms with van der Waals surface area (Å²) in [6.45, 7) is -0.249. The Morgan fingerprint density at radius 2 is 1.66 bits per heavy atom. The minimum atomic E-state index is -5.00. The molecule has 0 spiro atoms. The Morgan fingerprint density at radius 1 is 1.00 bits per heavy atom. The molecule has 0 saturated heterocycles. The average Bonchev–Trinajstić information content (AvgIpc) is 3.48. The molecule has 6 nitrogen and oxygen atoms in total. The SMILES string of the molecule is FC(F)(F)c1cc(/C(Cn2cncn2)=N\Nc2nc(-c3ccc(Cl)cc3)cs2)cc(C(F)(F)F)c1. The number of halogens is 7. The number of alkyl halides is 6. The third-order valence-electron chi connectivity index (χ3n) is 4.63. The zero-order valence-corrected chi connectivity index (χ0v) is 18.8. The number of anilines is 1. The van der Waals surface area contributed by atoms with Crippen molar-refractivity contribution in [1.29, 1.82) is 0 Å². The Bertz CT molecular complexity index is 1300. The molecular formula is C21H13ClF6N6S. The number of benzene rings is 2. The molecule has 0 saturated carbocycles. The normalized spacial score (nSPS) is 12.7. The van der Waals surface area contributed by atoms with E-state index in [1.165, 1.54) is 17.3 Å². The van der Waals surface area contributed by atoms with Crippen molar-refractivity contribution >= 4 is 33.8 Å². The van der Waals surface area contributed by atoms with E-state index in [0.29, 0.717) is 22.8 Å². The Balaban J connectivity index is 1.71. The van der Waals surface area contributed by atoms with Crippen molar-refractivity contribution in [3.63, 3.8) is 0 Å². The summed E-state index contributed by atoms with van der Waals surface area (Å²) in [5, 5.41) is 10.5. The summed E-state index contributed by atoms with van der Waals surface area (Å²) in [6, 6.07) is 8.14. The molecule has 0 radical (unpaired) electrons. The Morgan fingerprint density at radius 3 is 2.23 bits per heavy atom. The molecule has 0 atom stereocenters. The molecule has 0 aliphatic rings. The Hall–Kier alpha value is -3.45. The highest BCUT2D eigenvalue weighted by atomic mass is 35.5. The maximum Gasteiger partial charge on any atom is 0.416 e. The van der Waals surface area contributed by atoms with Gasteiger partial charge in [0.15, 0.2) is 0 Å². The first-order valence-corrected chi connectivity index (χ1v) is 10.9. The number of hydrazone groups is 1. The smallest absolute Gasteiger partial charge is 0.252 e. The van der Waals surface area contributed by atoms with E-state index in [-0.39, 0.29) is 29.0 Å². The monoisotopic (exact) mass is 530 g/mol. The van der Waals surface area contributed by atoms with Gasteiger partial charge in [0.2, 0.25) is 5.13 Å². The summed E-state index contributed by atoms with van der Waals surface area (Å²) in [5.74, 6) is 0. The second-order valence-electron chi connectivity index (χ2n) is 7.10. The molecule has 4 aromatic rings. The van der Waals surface area contributed by atoms with E-state index in [4.69, 9.17) is 11.6 Å². The van der Waals surface area contributed by atoms with E-state index in [0.717, 1.165) is 16.9 Å². The lowest BCUT2D eigenvalue weighted by Gasteiger charge is -2.15.